The summed E-state index contributed by atoms with van der Waals surface area (Å²) in [6.45, 7) is 4.72. The highest BCUT2D eigenvalue weighted by molar-refractivity contribution is 5.93. The van der Waals surface area contributed by atoms with Gasteiger partial charge in [-0.15, -0.1) is 0 Å². The second-order valence-corrected chi connectivity index (χ2v) is 8.13. The van der Waals surface area contributed by atoms with E-state index in [-0.39, 0.29) is 5.91 Å². The van der Waals surface area contributed by atoms with Gasteiger partial charge in [0.1, 0.15) is 11.7 Å². The maximum Gasteiger partial charge on any atom is 0.254 e. The van der Waals surface area contributed by atoms with E-state index in [0.717, 1.165) is 11.1 Å². The van der Waals surface area contributed by atoms with Gasteiger partial charge in [-0.25, -0.2) is 9.97 Å². The van der Waals surface area contributed by atoms with Crippen molar-refractivity contribution < 1.29 is 19.1 Å². The molecule has 0 bridgehead atoms. The largest absolute Gasteiger partial charge is 0.369 e. The standard InChI is InChI=1S/C22H29N5O4/c1-22(2,30-5)20(29)27-10-11-31-17(13-27)18-16(12-24-21(25-18)26(3)4)14-6-8-15(9-7-14)19(23)28/h6-9,12,17H,10-11,13H2,1-5H3,(H2,23,28)/t17-/m0/s1. The summed E-state index contributed by atoms with van der Waals surface area (Å²) in [6.07, 6.45) is 1.30. The fraction of sp³-hybridized carbons (Fsp3) is 0.455. The van der Waals surface area contributed by atoms with Crippen LogP contribution in [0.2, 0.25) is 0 Å². The summed E-state index contributed by atoms with van der Waals surface area (Å²) >= 11 is 0. The number of methoxy groups -OCH3 is 1. The summed E-state index contributed by atoms with van der Waals surface area (Å²) in [5.41, 5.74) is 7.13. The number of rotatable bonds is 6. The minimum atomic E-state index is -0.921. The van der Waals surface area contributed by atoms with Crippen molar-refractivity contribution in [3.05, 3.63) is 41.7 Å². The number of anilines is 1. The average Bonchev–Trinajstić information content (AvgIpc) is 2.78. The maximum absolute atomic E-state index is 12.9. The summed E-state index contributed by atoms with van der Waals surface area (Å²) in [5, 5.41) is 0. The summed E-state index contributed by atoms with van der Waals surface area (Å²) < 4.78 is 11.4. The zero-order valence-corrected chi connectivity index (χ0v) is 18.6. The first-order chi connectivity index (χ1) is 14.6. The molecule has 166 valence electrons. The number of amides is 2. The highest BCUT2D eigenvalue weighted by Crippen LogP contribution is 2.32. The van der Waals surface area contributed by atoms with Gasteiger partial charge in [-0.1, -0.05) is 12.1 Å². The lowest BCUT2D eigenvalue weighted by molar-refractivity contribution is -0.158. The van der Waals surface area contributed by atoms with Crippen LogP contribution in [-0.2, 0) is 14.3 Å². The lowest BCUT2D eigenvalue weighted by Gasteiger charge is -2.37. The highest BCUT2D eigenvalue weighted by Gasteiger charge is 2.36. The number of morpholine rings is 1. The SMILES string of the molecule is COC(C)(C)C(=O)N1CCO[C@H](c2nc(N(C)C)ncc2-c2ccc(C(N)=O)cc2)C1. The Kier molecular flexibility index (Phi) is 6.56. The third kappa shape index (κ3) is 4.83. The first-order valence-corrected chi connectivity index (χ1v) is 10.0. The van der Waals surface area contributed by atoms with Gasteiger partial charge in [0.2, 0.25) is 11.9 Å². The van der Waals surface area contributed by atoms with Crippen molar-refractivity contribution in [2.45, 2.75) is 25.6 Å². The Bertz CT molecular complexity index is 959. The number of carbonyl (C=O) groups excluding carboxylic acids is 2. The molecule has 31 heavy (non-hydrogen) atoms. The number of benzene rings is 1. The van der Waals surface area contributed by atoms with E-state index in [9.17, 15) is 9.59 Å². The molecule has 0 radical (unpaired) electrons. The third-order valence-electron chi connectivity index (χ3n) is 5.37. The number of hydrogen-bond acceptors (Lipinski definition) is 7. The average molecular weight is 428 g/mol. The molecule has 0 aliphatic carbocycles. The smallest absolute Gasteiger partial charge is 0.254 e. The number of primary amides is 1. The Morgan fingerprint density at radius 2 is 1.94 bits per heavy atom. The van der Waals surface area contributed by atoms with Crippen LogP contribution in [0.5, 0.6) is 0 Å². The quantitative estimate of drug-likeness (QED) is 0.746. The molecule has 2 aromatic rings. The van der Waals surface area contributed by atoms with Crippen molar-refractivity contribution in [2.75, 3.05) is 45.8 Å². The highest BCUT2D eigenvalue weighted by atomic mass is 16.5. The molecule has 2 amide bonds. The molecule has 1 fully saturated rings. The molecular formula is C22H29N5O4. The minimum absolute atomic E-state index is 0.0995. The van der Waals surface area contributed by atoms with Crippen molar-refractivity contribution in [1.29, 1.82) is 0 Å². The Balaban J connectivity index is 1.99. The summed E-state index contributed by atoms with van der Waals surface area (Å²) in [5.74, 6) is -0.0502. The van der Waals surface area contributed by atoms with Crippen LogP contribution in [-0.4, -0.2) is 73.2 Å². The fourth-order valence-corrected chi connectivity index (χ4v) is 3.35. The van der Waals surface area contributed by atoms with E-state index in [1.165, 1.54) is 7.11 Å². The van der Waals surface area contributed by atoms with Gasteiger partial charge in [-0.3, -0.25) is 9.59 Å². The van der Waals surface area contributed by atoms with Gasteiger partial charge in [0, 0.05) is 45.1 Å². The van der Waals surface area contributed by atoms with E-state index in [2.05, 4.69) is 4.98 Å². The van der Waals surface area contributed by atoms with Crippen molar-refractivity contribution in [3.63, 3.8) is 0 Å². The maximum atomic E-state index is 12.9. The predicted octanol–water partition coefficient (Wildman–Crippen LogP) is 1.63. The molecule has 9 heteroatoms. The zero-order valence-electron chi connectivity index (χ0n) is 18.6. The molecule has 1 aliphatic rings. The van der Waals surface area contributed by atoms with E-state index in [4.69, 9.17) is 20.2 Å². The third-order valence-corrected chi connectivity index (χ3v) is 5.37. The number of nitrogens with two attached hydrogens (primary N) is 1. The fourth-order valence-electron chi connectivity index (χ4n) is 3.35. The minimum Gasteiger partial charge on any atom is -0.369 e. The summed E-state index contributed by atoms with van der Waals surface area (Å²) in [4.78, 5) is 37.1. The van der Waals surface area contributed by atoms with Gasteiger partial charge < -0.3 is 25.0 Å². The molecule has 1 aromatic heterocycles. The van der Waals surface area contributed by atoms with Crippen LogP contribution in [0.3, 0.4) is 0 Å². The number of hydrogen-bond donors (Lipinski definition) is 1. The van der Waals surface area contributed by atoms with E-state index >= 15 is 0 Å². The molecule has 1 aromatic carbocycles. The Labute approximate surface area is 182 Å². The van der Waals surface area contributed by atoms with Gasteiger partial charge in [-0.2, -0.15) is 0 Å². The first kappa shape index (κ1) is 22.6. The van der Waals surface area contributed by atoms with Gasteiger partial charge in [0.05, 0.1) is 18.8 Å². The van der Waals surface area contributed by atoms with Crippen LogP contribution < -0.4 is 10.6 Å². The van der Waals surface area contributed by atoms with Gasteiger partial charge in [0.15, 0.2) is 0 Å². The van der Waals surface area contributed by atoms with E-state index in [1.54, 1.807) is 49.2 Å². The second-order valence-electron chi connectivity index (χ2n) is 8.13. The molecule has 1 saturated heterocycles. The number of ether oxygens (including phenoxy) is 2. The molecular weight excluding hydrogens is 398 g/mol. The van der Waals surface area contributed by atoms with Crippen LogP contribution in [0.25, 0.3) is 11.1 Å². The summed E-state index contributed by atoms with van der Waals surface area (Å²) in [6, 6.07) is 6.94. The molecule has 0 unspecified atom stereocenters. The number of aromatic nitrogens is 2. The lowest BCUT2D eigenvalue weighted by atomic mass is 9.99. The number of nitrogens with zero attached hydrogens (tertiary/aromatic N) is 4. The zero-order chi connectivity index (χ0) is 22.8. The van der Waals surface area contributed by atoms with Gasteiger partial charge in [-0.05, 0) is 31.5 Å². The normalized spacial score (nSPS) is 16.8. The van der Waals surface area contributed by atoms with Crippen LogP contribution in [0.15, 0.2) is 30.5 Å². The molecule has 1 atom stereocenters. The monoisotopic (exact) mass is 427 g/mol. The van der Waals surface area contributed by atoms with Gasteiger partial charge >= 0.3 is 0 Å². The lowest BCUT2D eigenvalue weighted by Crippen LogP contribution is -2.51. The van der Waals surface area contributed by atoms with Crippen LogP contribution in [0.1, 0.15) is 36.0 Å². The Hall–Kier alpha value is -3.04. The van der Waals surface area contributed by atoms with Crippen molar-refractivity contribution >= 4 is 17.8 Å². The van der Waals surface area contributed by atoms with E-state index in [0.29, 0.717) is 36.9 Å². The second kappa shape index (κ2) is 8.99. The molecule has 0 spiro atoms. The van der Waals surface area contributed by atoms with Crippen molar-refractivity contribution in [1.82, 2.24) is 14.9 Å². The van der Waals surface area contributed by atoms with E-state index < -0.39 is 17.6 Å². The summed E-state index contributed by atoms with van der Waals surface area (Å²) in [7, 11) is 5.25. The molecule has 9 nitrogen and oxygen atoms in total. The van der Waals surface area contributed by atoms with Crippen LogP contribution >= 0.6 is 0 Å². The molecule has 2 N–H and O–H groups in total. The van der Waals surface area contributed by atoms with Crippen molar-refractivity contribution in [3.8, 4) is 11.1 Å². The topological polar surface area (TPSA) is 111 Å². The predicted molar refractivity (Wildman–Crippen MR) is 117 cm³/mol. The van der Waals surface area contributed by atoms with E-state index in [1.807, 2.05) is 19.0 Å². The Morgan fingerprint density at radius 3 is 2.52 bits per heavy atom. The molecule has 0 saturated carbocycles. The molecule has 2 heterocycles. The molecule has 1 aliphatic heterocycles. The van der Waals surface area contributed by atoms with Crippen LogP contribution in [0.4, 0.5) is 5.95 Å². The Morgan fingerprint density at radius 1 is 1.26 bits per heavy atom. The van der Waals surface area contributed by atoms with Crippen molar-refractivity contribution in [2.24, 2.45) is 5.73 Å². The van der Waals surface area contributed by atoms with Crippen LogP contribution in [0, 0.1) is 0 Å². The van der Waals surface area contributed by atoms with Gasteiger partial charge in [0.25, 0.3) is 5.91 Å². The number of carbonyl (C=O) groups is 2. The first-order valence-electron chi connectivity index (χ1n) is 10.0. The molecule has 3 rings (SSSR count).